The van der Waals surface area contributed by atoms with Gasteiger partial charge in [-0.2, -0.15) is 0 Å². The summed E-state index contributed by atoms with van der Waals surface area (Å²) in [7, 11) is 4.84. The number of rotatable bonds is 9. The van der Waals surface area contributed by atoms with Crippen LogP contribution in [0.4, 0.5) is 5.69 Å². The quantitative estimate of drug-likeness (QED) is 0.201. The summed E-state index contributed by atoms with van der Waals surface area (Å²) in [5.74, 6) is 0.310. The standard InChI is InChI=1S/C25H27N5O3/c1-5-16(15-23(26)33-4)24-29-21-14-18(25(32)28-3)8-11-22(21)30(24)19-9-10-20(27-2)17(13-19)7-6-12-31/h5,8-15,26-27H,1,6-7H2,2-4H3,(H,28,32)/b16-15+,26-23?. The molecule has 0 atom stereocenters. The topological polar surface area (TPSA) is 109 Å². The molecule has 0 fully saturated rings. The molecule has 0 saturated carbocycles. The van der Waals surface area contributed by atoms with Gasteiger partial charge in [-0.1, -0.05) is 12.7 Å². The summed E-state index contributed by atoms with van der Waals surface area (Å²) in [5, 5.41) is 13.7. The molecule has 0 aliphatic rings. The second-order valence-electron chi connectivity index (χ2n) is 7.22. The van der Waals surface area contributed by atoms with Crippen LogP contribution in [0.5, 0.6) is 0 Å². The minimum atomic E-state index is -0.205. The minimum Gasteiger partial charge on any atom is -0.481 e. The molecule has 3 aromatic rings. The Bertz CT molecular complexity index is 1260. The number of methoxy groups -OCH3 is 1. The maximum Gasteiger partial charge on any atom is 0.251 e. The highest BCUT2D eigenvalue weighted by Gasteiger charge is 2.18. The normalized spacial score (nSPS) is 11.2. The molecule has 1 amide bonds. The zero-order valence-corrected chi connectivity index (χ0v) is 18.9. The smallest absolute Gasteiger partial charge is 0.251 e. The van der Waals surface area contributed by atoms with E-state index in [1.807, 2.05) is 35.9 Å². The maximum absolute atomic E-state index is 12.2. The van der Waals surface area contributed by atoms with Gasteiger partial charge in [0.15, 0.2) is 0 Å². The van der Waals surface area contributed by atoms with Gasteiger partial charge in [0.1, 0.15) is 12.1 Å². The van der Waals surface area contributed by atoms with E-state index < -0.39 is 0 Å². The lowest BCUT2D eigenvalue weighted by Gasteiger charge is -2.15. The number of imidazole rings is 1. The van der Waals surface area contributed by atoms with Crippen molar-refractivity contribution in [1.29, 1.82) is 5.41 Å². The number of nitrogens with one attached hydrogen (secondary N) is 3. The van der Waals surface area contributed by atoms with Crippen LogP contribution in [-0.4, -0.2) is 48.8 Å². The van der Waals surface area contributed by atoms with E-state index in [0.29, 0.717) is 35.3 Å². The summed E-state index contributed by atoms with van der Waals surface area (Å²) in [4.78, 5) is 27.9. The average Bonchev–Trinajstić information content (AvgIpc) is 3.23. The van der Waals surface area contributed by atoms with Gasteiger partial charge in [0.2, 0.25) is 5.90 Å². The van der Waals surface area contributed by atoms with E-state index in [1.54, 1.807) is 31.3 Å². The van der Waals surface area contributed by atoms with Crippen molar-refractivity contribution in [3.05, 3.63) is 72.1 Å². The van der Waals surface area contributed by atoms with Crippen LogP contribution in [0.1, 0.15) is 28.2 Å². The number of ether oxygens (including phenoxy) is 1. The fraction of sp³-hybridized carbons (Fsp3) is 0.200. The van der Waals surface area contributed by atoms with Crippen LogP contribution < -0.4 is 10.6 Å². The zero-order valence-electron chi connectivity index (χ0n) is 18.9. The first-order chi connectivity index (χ1) is 16.0. The van der Waals surface area contributed by atoms with E-state index >= 15 is 0 Å². The Hall–Kier alpha value is -4.20. The molecule has 1 aromatic heterocycles. The Morgan fingerprint density at radius 2 is 2.03 bits per heavy atom. The van der Waals surface area contributed by atoms with Gasteiger partial charge in [0.25, 0.3) is 5.91 Å². The van der Waals surface area contributed by atoms with Crippen LogP contribution in [0.25, 0.3) is 22.3 Å². The number of aryl methyl sites for hydroxylation is 1. The van der Waals surface area contributed by atoms with Gasteiger partial charge >= 0.3 is 0 Å². The predicted molar refractivity (Wildman–Crippen MR) is 131 cm³/mol. The number of anilines is 1. The lowest BCUT2D eigenvalue weighted by atomic mass is 10.1. The number of carbonyl (C=O) groups is 2. The molecule has 0 spiro atoms. The van der Waals surface area contributed by atoms with Crippen molar-refractivity contribution in [1.82, 2.24) is 14.9 Å². The number of fused-ring (bicyclic) bond motifs is 1. The Morgan fingerprint density at radius 3 is 2.67 bits per heavy atom. The fourth-order valence-electron chi connectivity index (χ4n) is 3.62. The summed E-state index contributed by atoms with van der Waals surface area (Å²) in [6, 6.07) is 11.2. The van der Waals surface area contributed by atoms with Gasteiger partial charge in [-0.15, -0.1) is 0 Å². The van der Waals surface area contributed by atoms with Crippen molar-refractivity contribution >= 4 is 40.4 Å². The molecule has 0 saturated heterocycles. The molecule has 170 valence electrons. The number of benzene rings is 2. The third kappa shape index (κ3) is 4.85. The van der Waals surface area contributed by atoms with Crippen LogP contribution in [0, 0.1) is 5.41 Å². The monoisotopic (exact) mass is 445 g/mol. The third-order valence-corrected chi connectivity index (χ3v) is 5.28. The Balaban J connectivity index is 2.31. The lowest BCUT2D eigenvalue weighted by molar-refractivity contribution is -0.107. The van der Waals surface area contributed by atoms with Gasteiger partial charge in [0.05, 0.1) is 18.1 Å². The molecule has 2 aromatic carbocycles. The van der Waals surface area contributed by atoms with Crippen molar-refractivity contribution < 1.29 is 14.3 Å². The summed E-state index contributed by atoms with van der Waals surface area (Å²) >= 11 is 0. The van der Waals surface area contributed by atoms with E-state index in [0.717, 1.165) is 28.7 Å². The van der Waals surface area contributed by atoms with Gasteiger partial charge in [-0.25, -0.2) is 4.98 Å². The first-order valence-electron chi connectivity index (χ1n) is 10.4. The number of nitrogens with zero attached hydrogens (tertiary/aromatic N) is 2. The Labute approximate surface area is 192 Å². The van der Waals surface area contributed by atoms with E-state index in [9.17, 15) is 9.59 Å². The second kappa shape index (κ2) is 10.4. The highest BCUT2D eigenvalue weighted by molar-refractivity contribution is 5.99. The van der Waals surface area contributed by atoms with Crippen molar-refractivity contribution in [2.24, 2.45) is 0 Å². The van der Waals surface area contributed by atoms with Gasteiger partial charge in [-0.05, 0) is 48.4 Å². The highest BCUT2D eigenvalue weighted by atomic mass is 16.5. The molecule has 0 unspecified atom stereocenters. The summed E-state index contributed by atoms with van der Waals surface area (Å²) < 4.78 is 6.96. The first-order valence-corrected chi connectivity index (χ1v) is 10.4. The molecule has 0 radical (unpaired) electrons. The van der Waals surface area contributed by atoms with Crippen LogP contribution in [0.2, 0.25) is 0 Å². The number of hydrogen-bond acceptors (Lipinski definition) is 6. The third-order valence-electron chi connectivity index (χ3n) is 5.28. The number of allylic oxidation sites excluding steroid dienone is 2. The average molecular weight is 446 g/mol. The molecule has 3 rings (SSSR count). The summed E-state index contributed by atoms with van der Waals surface area (Å²) in [6.45, 7) is 3.89. The predicted octanol–water partition coefficient (Wildman–Crippen LogP) is 3.75. The Kier molecular flexibility index (Phi) is 7.40. The Morgan fingerprint density at radius 1 is 1.24 bits per heavy atom. The maximum atomic E-state index is 12.2. The number of carbonyl (C=O) groups excluding carboxylic acids is 2. The van der Waals surface area contributed by atoms with Crippen LogP contribution in [-0.2, 0) is 16.0 Å². The van der Waals surface area contributed by atoms with E-state index in [1.165, 1.54) is 7.11 Å². The molecule has 8 nitrogen and oxygen atoms in total. The molecule has 1 heterocycles. The summed E-state index contributed by atoms with van der Waals surface area (Å²) in [6.07, 6.45) is 5.06. The van der Waals surface area contributed by atoms with Crippen LogP contribution in [0.3, 0.4) is 0 Å². The summed E-state index contributed by atoms with van der Waals surface area (Å²) in [5.41, 5.74) is 5.25. The molecule has 0 aliphatic heterocycles. The number of hydrogen-bond donors (Lipinski definition) is 3. The molecule has 8 heteroatoms. The van der Waals surface area contributed by atoms with Crippen molar-refractivity contribution in [2.45, 2.75) is 12.8 Å². The molecule has 3 N–H and O–H groups in total. The van der Waals surface area contributed by atoms with Gasteiger partial charge in [0, 0.05) is 49.1 Å². The van der Waals surface area contributed by atoms with E-state index in [2.05, 4.69) is 17.2 Å². The highest BCUT2D eigenvalue weighted by Crippen LogP contribution is 2.30. The van der Waals surface area contributed by atoms with Crippen LogP contribution in [0.15, 0.2) is 55.1 Å². The largest absolute Gasteiger partial charge is 0.481 e. The number of aromatic nitrogens is 2. The van der Waals surface area contributed by atoms with E-state index in [-0.39, 0.29) is 11.8 Å². The lowest BCUT2D eigenvalue weighted by Crippen LogP contribution is -2.17. The second-order valence-corrected chi connectivity index (χ2v) is 7.22. The van der Waals surface area contributed by atoms with Crippen LogP contribution >= 0.6 is 0 Å². The molecule has 0 bridgehead atoms. The minimum absolute atomic E-state index is 0.0354. The molecule has 0 aliphatic carbocycles. The van der Waals surface area contributed by atoms with Crippen molar-refractivity contribution in [3.63, 3.8) is 0 Å². The molecular formula is C25H27N5O3. The van der Waals surface area contributed by atoms with Crippen molar-refractivity contribution in [2.75, 3.05) is 26.5 Å². The van der Waals surface area contributed by atoms with Crippen molar-refractivity contribution in [3.8, 4) is 5.69 Å². The van der Waals surface area contributed by atoms with E-state index in [4.69, 9.17) is 15.1 Å². The van der Waals surface area contributed by atoms with Gasteiger partial charge in [-0.3, -0.25) is 14.8 Å². The zero-order chi connectivity index (χ0) is 24.0. The molecular weight excluding hydrogens is 418 g/mol. The number of aldehydes is 1. The number of amides is 1. The van der Waals surface area contributed by atoms with Gasteiger partial charge < -0.3 is 20.2 Å². The fourth-order valence-corrected chi connectivity index (χ4v) is 3.62. The SMILES string of the molecule is C=C/C(=C\C(=N)OC)c1nc2cc(C(=O)NC)ccc2n1-c1ccc(NC)c(CCC=O)c1. The first kappa shape index (κ1) is 23.5. The molecule has 33 heavy (non-hydrogen) atoms.